The lowest BCUT2D eigenvalue weighted by molar-refractivity contribution is 0.252. The van der Waals surface area contributed by atoms with E-state index in [2.05, 4.69) is 17.6 Å². The standard InChI is InChI=1S/C20H26N2O2/c1-2-3-4-8-15-21-20(23)22-18-11-13-19(14-12-18)24-16-17-9-6-5-7-10-17/h5-7,9-14H,2-4,8,15-16H2,1H3,(H2,21,22,23). The van der Waals surface area contributed by atoms with E-state index in [0.29, 0.717) is 13.2 Å². The van der Waals surface area contributed by atoms with Crippen molar-refractivity contribution in [3.05, 3.63) is 60.2 Å². The molecule has 2 rings (SSSR count). The van der Waals surface area contributed by atoms with Crippen LogP contribution in [0.25, 0.3) is 0 Å². The van der Waals surface area contributed by atoms with E-state index >= 15 is 0 Å². The predicted octanol–water partition coefficient (Wildman–Crippen LogP) is 4.97. The van der Waals surface area contributed by atoms with Crippen LogP contribution in [0.2, 0.25) is 0 Å². The Hall–Kier alpha value is -2.49. The molecular weight excluding hydrogens is 300 g/mol. The highest BCUT2D eigenvalue weighted by atomic mass is 16.5. The second kappa shape index (κ2) is 10.3. The number of carbonyl (C=O) groups is 1. The van der Waals surface area contributed by atoms with E-state index in [-0.39, 0.29) is 6.03 Å². The number of hydrogen-bond donors (Lipinski definition) is 2. The van der Waals surface area contributed by atoms with Crippen molar-refractivity contribution in [2.75, 3.05) is 11.9 Å². The first-order valence-electron chi connectivity index (χ1n) is 8.59. The van der Waals surface area contributed by atoms with E-state index in [1.54, 1.807) is 0 Å². The van der Waals surface area contributed by atoms with Crippen LogP contribution in [-0.2, 0) is 6.61 Å². The summed E-state index contributed by atoms with van der Waals surface area (Å²) in [5.41, 5.74) is 1.88. The van der Waals surface area contributed by atoms with Gasteiger partial charge in [-0.3, -0.25) is 0 Å². The number of unbranched alkanes of at least 4 members (excludes halogenated alkanes) is 3. The van der Waals surface area contributed by atoms with Crippen molar-refractivity contribution >= 4 is 11.7 Å². The number of nitrogens with one attached hydrogen (secondary N) is 2. The average Bonchev–Trinajstić information content (AvgIpc) is 2.62. The van der Waals surface area contributed by atoms with Crippen molar-refractivity contribution in [1.29, 1.82) is 0 Å². The third kappa shape index (κ3) is 6.73. The van der Waals surface area contributed by atoms with Gasteiger partial charge in [-0.05, 0) is 36.2 Å². The summed E-state index contributed by atoms with van der Waals surface area (Å²) in [6, 6.07) is 17.3. The van der Waals surface area contributed by atoms with Crippen LogP contribution in [0, 0.1) is 0 Å². The maximum absolute atomic E-state index is 11.8. The number of hydrogen-bond acceptors (Lipinski definition) is 2. The molecule has 0 aliphatic heterocycles. The largest absolute Gasteiger partial charge is 0.489 e. The molecule has 0 aromatic heterocycles. The predicted molar refractivity (Wildman–Crippen MR) is 98.4 cm³/mol. The van der Waals surface area contributed by atoms with Crippen molar-refractivity contribution in [3.63, 3.8) is 0 Å². The van der Waals surface area contributed by atoms with Crippen LogP contribution in [0.5, 0.6) is 5.75 Å². The van der Waals surface area contributed by atoms with Crippen LogP contribution >= 0.6 is 0 Å². The number of urea groups is 1. The van der Waals surface area contributed by atoms with Gasteiger partial charge in [0.2, 0.25) is 0 Å². The Balaban J connectivity index is 1.70. The molecule has 0 radical (unpaired) electrons. The SMILES string of the molecule is CCCCCCNC(=O)Nc1ccc(OCc2ccccc2)cc1. The number of amides is 2. The first kappa shape index (κ1) is 17.9. The number of carbonyl (C=O) groups excluding carboxylic acids is 1. The van der Waals surface area contributed by atoms with Gasteiger partial charge in [-0.2, -0.15) is 0 Å². The van der Waals surface area contributed by atoms with E-state index in [1.807, 2.05) is 54.6 Å². The molecule has 0 bridgehead atoms. The molecule has 4 nitrogen and oxygen atoms in total. The van der Waals surface area contributed by atoms with E-state index in [9.17, 15) is 4.79 Å². The molecule has 0 heterocycles. The van der Waals surface area contributed by atoms with Gasteiger partial charge >= 0.3 is 6.03 Å². The minimum absolute atomic E-state index is 0.163. The Kier molecular flexibility index (Phi) is 7.68. The Labute approximate surface area is 144 Å². The molecule has 24 heavy (non-hydrogen) atoms. The lowest BCUT2D eigenvalue weighted by atomic mass is 10.2. The second-order valence-corrected chi connectivity index (χ2v) is 5.74. The summed E-state index contributed by atoms with van der Waals surface area (Å²) in [5.74, 6) is 0.782. The summed E-state index contributed by atoms with van der Waals surface area (Å²) in [7, 11) is 0. The van der Waals surface area contributed by atoms with E-state index in [1.165, 1.54) is 12.8 Å². The lowest BCUT2D eigenvalue weighted by Gasteiger charge is -2.09. The molecule has 2 aromatic rings. The molecule has 0 atom stereocenters. The molecule has 128 valence electrons. The smallest absolute Gasteiger partial charge is 0.319 e. The number of benzene rings is 2. The van der Waals surface area contributed by atoms with Gasteiger partial charge in [-0.25, -0.2) is 4.79 Å². The molecule has 0 saturated heterocycles. The van der Waals surface area contributed by atoms with Gasteiger partial charge in [0, 0.05) is 12.2 Å². The second-order valence-electron chi connectivity index (χ2n) is 5.74. The maximum atomic E-state index is 11.8. The van der Waals surface area contributed by atoms with Gasteiger partial charge in [0.1, 0.15) is 12.4 Å². The van der Waals surface area contributed by atoms with Crippen molar-refractivity contribution in [2.45, 2.75) is 39.2 Å². The molecule has 0 fully saturated rings. The highest BCUT2D eigenvalue weighted by Crippen LogP contribution is 2.17. The Bertz CT molecular complexity index is 597. The zero-order chi connectivity index (χ0) is 17.0. The quantitative estimate of drug-likeness (QED) is 0.639. The van der Waals surface area contributed by atoms with E-state index in [4.69, 9.17) is 4.74 Å². The lowest BCUT2D eigenvalue weighted by Crippen LogP contribution is -2.29. The Morgan fingerprint density at radius 1 is 0.958 bits per heavy atom. The normalized spacial score (nSPS) is 10.2. The monoisotopic (exact) mass is 326 g/mol. The summed E-state index contributed by atoms with van der Waals surface area (Å²) in [5, 5.41) is 5.70. The minimum Gasteiger partial charge on any atom is -0.489 e. The molecule has 2 aromatic carbocycles. The van der Waals surface area contributed by atoms with Crippen molar-refractivity contribution in [2.24, 2.45) is 0 Å². The average molecular weight is 326 g/mol. The summed E-state index contributed by atoms with van der Waals surface area (Å²) in [6.07, 6.45) is 4.59. The number of ether oxygens (including phenoxy) is 1. The zero-order valence-corrected chi connectivity index (χ0v) is 14.3. The van der Waals surface area contributed by atoms with Crippen molar-refractivity contribution in [3.8, 4) is 5.75 Å². The maximum Gasteiger partial charge on any atom is 0.319 e. The molecule has 0 aliphatic carbocycles. The topological polar surface area (TPSA) is 50.4 Å². The summed E-state index contributed by atoms with van der Waals surface area (Å²) in [4.78, 5) is 11.8. The van der Waals surface area contributed by atoms with Crippen LogP contribution in [-0.4, -0.2) is 12.6 Å². The van der Waals surface area contributed by atoms with Gasteiger partial charge in [-0.1, -0.05) is 56.5 Å². The minimum atomic E-state index is -0.163. The first-order chi connectivity index (χ1) is 11.8. The van der Waals surface area contributed by atoms with Crippen molar-refractivity contribution in [1.82, 2.24) is 5.32 Å². The van der Waals surface area contributed by atoms with Crippen LogP contribution in [0.1, 0.15) is 38.2 Å². The van der Waals surface area contributed by atoms with Crippen LogP contribution in [0.15, 0.2) is 54.6 Å². The third-order valence-corrected chi connectivity index (χ3v) is 3.68. The molecular formula is C20H26N2O2. The molecule has 0 saturated carbocycles. The summed E-state index contributed by atoms with van der Waals surface area (Å²) < 4.78 is 5.73. The van der Waals surface area contributed by atoms with Gasteiger partial charge in [0.05, 0.1) is 0 Å². The molecule has 0 unspecified atom stereocenters. The zero-order valence-electron chi connectivity index (χ0n) is 14.3. The summed E-state index contributed by atoms with van der Waals surface area (Å²) in [6.45, 7) is 3.42. The Morgan fingerprint density at radius 3 is 2.42 bits per heavy atom. The highest BCUT2D eigenvalue weighted by molar-refractivity contribution is 5.89. The highest BCUT2D eigenvalue weighted by Gasteiger charge is 2.02. The van der Waals surface area contributed by atoms with Gasteiger partial charge < -0.3 is 15.4 Å². The van der Waals surface area contributed by atoms with Crippen LogP contribution in [0.3, 0.4) is 0 Å². The fourth-order valence-corrected chi connectivity index (χ4v) is 2.30. The Morgan fingerprint density at radius 2 is 1.71 bits per heavy atom. The van der Waals surface area contributed by atoms with Gasteiger partial charge in [-0.15, -0.1) is 0 Å². The van der Waals surface area contributed by atoms with E-state index < -0.39 is 0 Å². The van der Waals surface area contributed by atoms with Crippen molar-refractivity contribution < 1.29 is 9.53 Å². The fraction of sp³-hybridized carbons (Fsp3) is 0.350. The van der Waals surface area contributed by atoms with Crippen LogP contribution < -0.4 is 15.4 Å². The molecule has 2 amide bonds. The third-order valence-electron chi connectivity index (χ3n) is 3.68. The molecule has 2 N–H and O–H groups in total. The van der Waals surface area contributed by atoms with Gasteiger partial charge in [0.15, 0.2) is 0 Å². The molecule has 4 heteroatoms. The molecule has 0 spiro atoms. The fourth-order valence-electron chi connectivity index (χ4n) is 2.30. The number of rotatable bonds is 9. The first-order valence-corrected chi connectivity index (χ1v) is 8.59. The van der Waals surface area contributed by atoms with E-state index in [0.717, 1.165) is 29.8 Å². The summed E-state index contributed by atoms with van der Waals surface area (Å²) >= 11 is 0. The number of anilines is 1. The van der Waals surface area contributed by atoms with Gasteiger partial charge in [0.25, 0.3) is 0 Å². The molecule has 0 aliphatic rings. The van der Waals surface area contributed by atoms with Crippen LogP contribution in [0.4, 0.5) is 10.5 Å².